The summed E-state index contributed by atoms with van der Waals surface area (Å²) >= 11 is 0. The number of nitrogens with zero attached hydrogens (tertiary/aromatic N) is 3. The zero-order valence-corrected chi connectivity index (χ0v) is 22.3. The Bertz CT molecular complexity index is 1420. The number of hydrogen-bond acceptors (Lipinski definition) is 5. The van der Waals surface area contributed by atoms with E-state index in [0.717, 1.165) is 12.1 Å². The maximum Gasteiger partial charge on any atom is 0.255 e. The van der Waals surface area contributed by atoms with Crippen molar-refractivity contribution in [2.24, 2.45) is 0 Å². The van der Waals surface area contributed by atoms with E-state index < -0.39 is 23.4 Å². The molecular weight excluding hydrogens is 535 g/mol. The Balaban J connectivity index is 1.40. The number of carbonyl (C=O) groups excluding carboxylic acids is 3. The van der Waals surface area contributed by atoms with Gasteiger partial charge in [-0.2, -0.15) is 0 Å². The van der Waals surface area contributed by atoms with Gasteiger partial charge in [-0.25, -0.2) is 13.2 Å². The Morgan fingerprint density at radius 2 is 1.27 bits per heavy atom. The van der Waals surface area contributed by atoms with Crippen molar-refractivity contribution in [2.75, 3.05) is 62.6 Å². The average molecular weight is 566 g/mol. The molecule has 5 rings (SSSR count). The van der Waals surface area contributed by atoms with Crippen molar-refractivity contribution < 1.29 is 27.6 Å². The number of piperazine rings is 1. The van der Waals surface area contributed by atoms with Gasteiger partial charge in [-0.05, 0) is 61.0 Å². The number of amides is 3. The van der Waals surface area contributed by atoms with E-state index in [9.17, 15) is 27.6 Å². The third kappa shape index (κ3) is 6.68. The minimum Gasteiger partial charge on any atom is -0.368 e. The molecule has 0 bridgehead atoms. The maximum absolute atomic E-state index is 13.8. The molecule has 0 aliphatic carbocycles. The van der Waals surface area contributed by atoms with Crippen molar-refractivity contribution in [3.8, 4) is 0 Å². The smallest absolute Gasteiger partial charge is 0.255 e. The predicted molar refractivity (Wildman–Crippen MR) is 149 cm³/mol. The molecule has 2 N–H and O–H groups in total. The Morgan fingerprint density at radius 3 is 1.98 bits per heavy atom. The van der Waals surface area contributed by atoms with Crippen molar-refractivity contribution >= 4 is 29.1 Å². The maximum atomic E-state index is 13.8. The lowest BCUT2D eigenvalue weighted by Crippen LogP contribution is -2.46. The fraction of sp³-hybridized carbons (Fsp3) is 0.300. The molecule has 214 valence electrons. The highest BCUT2D eigenvalue weighted by Gasteiger charge is 2.25. The van der Waals surface area contributed by atoms with Crippen molar-refractivity contribution in [3.05, 3.63) is 94.8 Å². The van der Waals surface area contributed by atoms with Crippen LogP contribution in [0, 0.1) is 17.5 Å². The van der Waals surface area contributed by atoms with E-state index in [4.69, 9.17) is 0 Å². The predicted octanol–water partition coefficient (Wildman–Crippen LogP) is 3.75. The molecule has 0 saturated carbocycles. The highest BCUT2D eigenvalue weighted by molar-refractivity contribution is 6.07. The first-order valence-electron chi connectivity index (χ1n) is 13.5. The number of halogens is 3. The lowest BCUT2D eigenvalue weighted by atomic mass is 10.1. The SMILES string of the molecule is O=C(Nc1cc(C(=O)N2CCNCC2)ccc1N1CCCN(C(=O)c2ccc(F)cc2)CC1)c1cc(F)cc(F)c1. The molecule has 11 heteroatoms. The summed E-state index contributed by atoms with van der Waals surface area (Å²) < 4.78 is 41.0. The summed E-state index contributed by atoms with van der Waals surface area (Å²) in [5, 5.41) is 5.95. The molecule has 0 atom stereocenters. The summed E-state index contributed by atoms with van der Waals surface area (Å²) in [4.78, 5) is 44.7. The van der Waals surface area contributed by atoms with Crippen molar-refractivity contribution in [1.82, 2.24) is 15.1 Å². The molecule has 0 unspecified atom stereocenters. The molecule has 0 spiro atoms. The van der Waals surface area contributed by atoms with E-state index in [1.807, 2.05) is 4.90 Å². The van der Waals surface area contributed by atoms with E-state index in [2.05, 4.69) is 10.6 Å². The van der Waals surface area contributed by atoms with Crippen LogP contribution in [0.1, 0.15) is 37.5 Å². The minimum absolute atomic E-state index is 0.183. The number of rotatable bonds is 5. The highest BCUT2D eigenvalue weighted by atomic mass is 19.1. The fourth-order valence-electron chi connectivity index (χ4n) is 5.11. The molecule has 2 aliphatic heterocycles. The van der Waals surface area contributed by atoms with E-state index in [-0.39, 0.29) is 17.4 Å². The van der Waals surface area contributed by atoms with Crippen LogP contribution in [0.25, 0.3) is 0 Å². The molecule has 0 aromatic heterocycles. The summed E-state index contributed by atoms with van der Waals surface area (Å²) in [5.41, 5.74) is 1.51. The zero-order valence-electron chi connectivity index (χ0n) is 22.3. The number of nitrogens with one attached hydrogen (secondary N) is 2. The van der Waals surface area contributed by atoms with Gasteiger partial charge in [0.1, 0.15) is 17.5 Å². The molecule has 8 nitrogen and oxygen atoms in total. The van der Waals surface area contributed by atoms with Crippen molar-refractivity contribution in [3.63, 3.8) is 0 Å². The summed E-state index contributed by atoms with van der Waals surface area (Å²) in [7, 11) is 0. The Kier molecular flexibility index (Phi) is 8.53. The Morgan fingerprint density at radius 1 is 0.634 bits per heavy atom. The van der Waals surface area contributed by atoms with Crippen LogP contribution < -0.4 is 15.5 Å². The molecule has 3 amide bonds. The lowest BCUT2D eigenvalue weighted by molar-refractivity contribution is 0.0734. The van der Waals surface area contributed by atoms with E-state index in [1.54, 1.807) is 28.0 Å². The highest BCUT2D eigenvalue weighted by Crippen LogP contribution is 2.30. The zero-order chi connectivity index (χ0) is 28.9. The van der Waals surface area contributed by atoms with Gasteiger partial charge in [-0.3, -0.25) is 14.4 Å². The monoisotopic (exact) mass is 565 g/mol. The van der Waals surface area contributed by atoms with Crippen molar-refractivity contribution in [1.29, 1.82) is 0 Å². The van der Waals surface area contributed by atoms with E-state index >= 15 is 0 Å². The van der Waals surface area contributed by atoms with Crippen LogP contribution >= 0.6 is 0 Å². The average Bonchev–Trinajstić information content (AvgIpc) is 3.23. The molecule has 3 aromatic rings. The van der Waals surface area contributed by atoms with Crippen LogP contribution in [0.4, 0.5) is 24.5 Å². The number of hydrogen-bond donors (Lipinski definition) is 2. The van der Waals surface area contributed by atoms with Gasteiger partial charge in [0, 0.05) is 75.1 Å². The van der Waals surface area contributed by atoms with Crippen LogP contribution in [0.2, 0.25) is 0 Å². The standard InChI is InChI=1S/C30H30F3N5O3/c31-23-5-2-20(3-6-23)29(40)37-11-1-10-36(14-15-37)27-7-4-21(30(41)38-12-8-34-9-13-38)18-26(27)35-28(39)22-16-24(32)19-25(33)17-22/h2-7,16-19,34H,1,8-15H2,(H,35,39). The van der Waals surface area contributed by atoms with Gasteiger partial charge in [-0.15, -0.1) is 0 Å². The number of carbonyl (C=O) groups is 3. The van der Waals surface area contributed by atoms with Gasteiger partial charge in [0.15, 0.2) is 0 Å². The fourth-order valence-corrected chi connectivity index (χ4v) is 5.11. The molecule has 2 fully saturated rings. The third-order valence-corrected chi connectivity index (χ3v) is 7.24. The Labute approximate surface area is 235 Å². The second-order valence-corrected chi connectivity index (χ2v) is 10.0. The largest absolute Gasteiger partial charge is 0.368 e. The van der Waals surface area contributed by atoms with Crippen LogP contribution in [0.3, 0.4) is 0 Å². The van der Waals surface area contributed by atoms with Gasteiger partial charge in [-0.1, -0.05) is 0 Å². The third-order valence-electron chi connectivity index (χ3n) is 7.24. The first kappa shape index (κ1) is 28.2. The number of anilines is 2. The van der Waals surface area contributed by atoms with Gasteiger partial charge in [0.2, 0.25) is 0 Å². The van der Waals surface area contributed by atoms with Gasteiger partial charge >= 0.3 is 0 Å². The van der Waals surface area contributed by atoms with Gasteiger partial charge in [0.05, 0.1) is 11.4 Å². The Hall–Kier alpha value is -4.38. The quantitative estimate of drug-likeness (QED) is 0.493. The lowest BCUT2D eigenvalue weighted by Gasteiger charge is -2.29. The molecule has 41 heavy (non-hydrogen) atoms. The van der Waals surface area contributed by atoms with Crippen LogP contribution in [-0.2, 0) is 0 Å². The van der Waals surface area contributed by atoms with Crippen LogP contribution in [0.15, 0.2) is 60.7 Å². The molecule has 0 radical (unpaired) electrons. The molecular formula is C30H30F3N5O3. The molecule has 3 aromatic carbocycles. The minimum atomic E-state index is -0.878. The summed E-state index contributed by atoms with van der Waals surface area (Å²) in [6.07, 6.45) is 0.622. The van der Waals surface area contributed by atoms with E-state index in [1.165, 1.54) is 24.3 Å². The number of benzene rings is 3. The van der Waals surface area contributed by atoms with Gasteiger partial charge < -0.3 is 25.3 Å². The second-order valence-electron chi connectivity index (χ2n) is 10.0. The molecule has 2 heterocycles. The summed E-state index contributed by atoms with van der Waals surface area (Å²) in [6, 6.07) is 13.0. The normalized spacial score (nSPS) is 15.8. The first-order valence-corrected chi connectivity index (χ1v) is 13.5. The second kappa shape index (κ2) is 12.4. The van der Waals surface area contributed by atoms with Crippen molar-refractivity contribution in [2.45, 2.75) is 6.42 Å². The summed E-state index contributed by atoms with van der Waals surface area (Å²) in [5.74, 6) is -3.28. The van der Waals surface area contributed by atoms with Crippen LogP contribution in [0.5, 0.6) is 0 Å². The first-order chi connectivity index (χ1) is 19.8. The van der Waals surface area contributed by atoms with Gasteiger partial charge in [0.25, 0.3) is 17.7 Å². The van der Waals surface area contributed by atoms with E-state index in [0.29, 0.717) is 87.3 Å². The summed E-state index contributed by atoms with van der Waals surface area (Å²) in [6.45, 7) is 4.30. The molecule has 2 saturated heterocycles. The van der Waals surface area contributed by atoms with Crippen LogP contribution in [-0.4, -0.2) is 79.9 Å². The molecule has 2 aliphatic rings. The topological polar surface area (TPSA) is 85.0 Å².